The van der Waals surface area contributed by atoms with Crippen molar-refractivity contribution >= 4 is 80.6 Å². The number of thiazole rings is 1. The monoisotopic (exact) mass is 710 g/mol. The summed E-state index contributed by atoms with van der Waals surface area (Å²) in [5.74, 6) is -0.244. The van der Waals surface area contributed by atoms with E-state index in [1.54, 1.807) is 11.4 Å². The number of thioether (sulfide) groups is 2. The van der Waals surface area contributed by atoms with E-state index in [-0.39, 0.29) is 23.0 Å². The average molecular weight is 711 g/mol. The summed E-state index contributed by atoms with van der Waals surface area (Å²) in [7, 11) is 0. The van der Waals surface area contributed by atoms with Crippen LogP contribution >= 0.6 is 34.9 Å². The number of nitrogens with one attached hydrogen (secondary N) is 2. The van der Waals surface area contributed by atoms with E-state index in [4.69, 9.17) is 17.0 Å². The summed E-state index contributed by atoms with van der Waals surface area (Å²) >= 11 is 3.87. The molecule has 5 heterocycles. The highest BCUT2D eigenvalue weighted by molar-refractivity contribution is 8.01. The SMILES string of the molecule is C#CC(O/N=C\C(=O)NC1C(=O)N2C(C(=O)[O-])=C(CSc3cc[n+](CC)c4cc(N5CCNCC5)c(F)cc34)CSC12)c1csc(N)n1. The number of aryl methyl sites for hydroxylation is 1. The quantitative estimate of drug-likeness (QED) is 0.0637. The molecule has 1 aromatic carbocycles. The van der Waals surface area contributed by atoms with Gasteiger partial charge in [0.15, 0.2) is 11.3 Å². The number of halogens is 1. The molecular weight excluding hydrogens is 680 g/mol. The van der Waals surface area contributed by atoms with Gasteiger partial charge in [0.25, 0.3) is 11.8 Å². The van der Waals surface area contributed by atoms with Crippen molar-refractivity contribution in [3.05, 3.63) is 52.6 Å². The normalized spacial score (nSPS) is 20.0. The Hall–Kier alpha value is -4.37. The fourth-order valence-electron chi connectivity index (χ4n) is 5.73. The summed E-state index contributed by atoms with van der Waals surface area (Å²) in [6.45, 7) is 5.69. The van der Waals surface area contributed by atoms with E-state index in [0.29, 0.717) is 41.7 Å². The molecule has 2 fully saturated rings. The molecule has 0 saturated carbocycles. The number of aromatic nitrogens is 2. The minimum atomic E-state index is -1.49. The summed E-state index contributed by atoms with van der Waals surface area (Å²) in [4.78, 5) is 51.1. The largest absolute Gasteiger partial charge is 0.543 e. The Balaban J connectivity index is 1.14. The number of fused-ring (bicyclic) bond motifs is 2. The molecule has 250 valence electrons. The standard InChI is InChI=1S/C31H31FN8O5S3/c1-3-23(20-16-48-31(33)36-20)45-35-13-25(41)37-26-28(42)40-27(30(43)44)17(15-47-29(26)40)14-46-24-5-8-38(4-2)21-12-22(19(32)11-18(21)24)39-9-6-34-7-10-39/h1,5,8,11-13,16,23,26,29,34H,4,6-7,9-10,14-15H2,2H3,(H3-,33,36,37,41,43,44)/b35-13-. The summed E-state index contributed by atoms with van der Waals surface area (Å²) in [5.41, 5.74) is 7.69. The first-order chi connectivity index (χ1) is 23.2. The number of hydrogen-bond acceptors (Lipinski definition) is 13. The number of β-lactam (4-membered cyclic amide) rings is 1. The summed E-state index contributed by atoms with van der Waals surface area (Å²) in [6, 6.07) is 4.34. The number of oxime groups is 1. The number of pyridine rings is 1. The van der Waals surface area contributed by atoms with Crippen molar-refractivity contribution in [2.45, 2.75) is 35.9 Å². The minimum Gasteiger partial charge on any atom is -0.543 e. The van der Waals surface area contributed by atoms with Gasteiger partial charge in [-0.2, -0.15) is 4.57 Å². The number of nitrogen functional groups attached to an aromatic ring is 1. The Labute approximate surface area is 287 Å². The number of amides is 2. The molecule has 2 saturated heterocycles. The van der Waals surface area contributed by atoms with Crippen LogP contribution in [0.3, 0.4) is 0 Å². The lowest BCUT2D eigenvalue weighted by molar-refractivity contribution is -0.668. The Morgan fingerprint density at radius 1 is 1.42 bits per heavy atom. The maximum Gasteiger partial charge on any atom is 0.266 e. The highest BCUT2D eigenvalue weighted by Gasteiger charge is 2.52. The number of aliphatic carboxylic acids is 1. The van der Waals surface area contributed by atoms with E-state index in [0.717, 1.165) is 40.0 Å². The zero-order valence-corrected chi connectivity index (χ0v) is 28.1. The van der Waals surface area contributed by atoms with Crippen LogP contribution in [0.4, 0.5) is 15.2 Å². The first kappa shape index (κ1) is 33.5. The summed E-state index contributed by atoms with van der Waals surface area (Å²) in [5, 5.41) is 23.7. The van der Waals surface area contributed by atoms with Crippen LogP contribution < -0.4 is 30.9 Å². The lowest BCUT2D eigenvalue weighted by Gasteiger charge is -2.50. The maximum atomic E-state index is 15.5. The van der Waals surface area contributed by atoms with E-state index >= 15 is 4.39 Å². The Bertz CT molecular complexity index is 1870. The van der Waals surface area contributed by atoms with E-state index < -0.39 is 35.3 Å². The third kappa shape index (κ3) is 6.65. The van der Waals surface area contributed by atoms with Crippen LogP contribution in [0.1, 0.15) is 18.7 Å². The molecule has 3 atom stereocenters. The van der Waals surface area contributed by atoms with Crippen LogP contribution in [0.5, 0.6) is 0 Å². The molecule has 0 aliphatic carbocycles. The second-order valence-electron chi connectivity index (χ2n) is 10.9. The topological polar surface area (TPSA) is 169 Å². The first-order valence-electron chi connectivity index (χ1n) is 15.0. The van der Waals surface area contributed by atoms with Gasteiger partial charge in [-0.15, -0.1) is 41.3 Å². The molecule has 4 N–H and O–H groups in total. The number of nitrogens with two attached hydrogens (primary N) is 1. The van der Waals surface area contributed by atoms with Crippen molar-refractivity contribution in [1.82, 2.24) is 20.5 Å². The highest BCUT2D eigenvalue weighted by Crippen LogP contribution is 2.42. The molecular formula is C31H31FN8O5S3. The van der Waals surface area contributed by atoms with Crippen LogP contribution in [0.15, 0.2) is 51.1 Å². The first-order valence-corrected chi connectivity index (χ1v) is 17.9. The molecule has 0 bridgehead atoms. The fraction of sp³-hybridized carbons (Fsp3) is 0.355. The molecule has 3 aromatic rings. The summed E-state index contributed by atoms with van der Waals surface area (Å²) in [6.07, 6.45) is 7.27. The second-order valence-corrected chi connectivity index (χ2v) is 14.0. The van der Waals surface area contributed by atoms with Gasteiger partial charge in [0.1, 0.15) is 35.7 Å². The number of rotatable bonds is 11. The molecule has 6 rings (SSSR count). The summed E-state index contributed by atoms with van der Waals surface area (Å²) < 4.78 is 17.5. The molecule has 17 heteroatoms. The predicted octanol–water partition coefficient (Wildman–Crippen LogP) is 0.608. The molecule has 3 aliphatic rings. The minimum absolute atomic E-state index is 0.214. The lowest BCUT2D eigenvalue weighted by atomic mass is 10.0. The van der Waals surface area contributed by atoms with E-state index in [9.17, 15) is 19.5 Å². The zero-order chi connectivity index (χ0) is 33.9. The number of benzene rings is 1. The van der Waals surface area contributed by atoms with Gasteiger partial charge in [-0.05, 0) is 18.6 Å². The number of anilines is 2. The number of carboxylic acids is 1. The van der Waals surface area contributed by atoms with Gasteiger partial charge in [-0.1, -0.05) is 11.1 Å². The van der Waals surface area contributed by atoms with Gasteiger partial charge in [0, 0.05) is 60.1 Å². The molecule has 3 aliphatic heterocycles. The Morgan fingerprint density at radius 2 is 2.21 bits per heavy atom. The van der Waals surface area contributed by atoms with Crippen molar-refractivity contribution < 1.29 is 33.3 Å². The molecule has 48 heavy (non-hydrogen) atoms. The molecule has 13 nitrogen and oxygen atoms in total. The molecule has 3 unspecified atom stereocenters. The number of nitrogens with zero attached hydrogens (tertiary/aromatic N) is 5. The number of carbonyl (C=O) groups excluding carboxylic acids is 3. The van der Waals surface area contributed by atoms with Crippen LogP contribution in [0, 0.1) is 18.2 Å². The predicted molar refractivity (Wildman–Crippen MR) is 180 cm³/mol. The van der Waals surface area contributed by atoms with Gasteiger partial charge >= 0.3 is 0 Å². The Kier molecular flexibility index (Phi) is 10.1. The fourth-order valence-corrected chi connectivity index (χ4v) is 8.83. The number of carboxylic acid groups (broad SMARTS) is 1. The van der Waals surface area contributed by atoms with Crippen LogP contribution in [-0.2, 0) is 25.8 Å². The van der Waals surface area contributed by atoms with Gasteiger partial charge in [0.05, 0.1) is 22.7 Å². The zero-order valence-electron chi connectivity index (χ0n) is 25.7. The third-order valence-electron chi connectivity index (χ3n) is 8.08. The van der Waals surface area contributed by atoms with Gasteiger partial charge < -0.3 is 36.0 Å². The third-order valence-corrected chi connectivity index (χ3v) is 11.3. The van der Waals surface area contributed by atoms with Crippen molar-refractivity contribution in [1.29, 1.82) is 0 Å². The number of carbonyl (C=O) groups is 3. The maximum absolute atomic E-state index is 15.5. The second kappa shape index (κ2) is 14.4. The smallest absolute Gasteiger partial charge is 0.266 e. The molecule has 0 radical (unpaired) electrons. The molecule has 2 aromatic heterocycles. The van der Waals surface area contributed by atoms with Crippen molar-refractivity contribution in [2.24, 2.45) is 5.16 Å². The van der Waals surface area contributed by atoms with Gasteiger partial charge in [-0.3, -0.25) is 14.5 Å². The lowest BCUT2D eigenvalue weighted by Crippen LogP contribution is -2.71. The van der Waals surface area contributed by atoms with Crippen molar-refractivity contribution in [2.75, 3.05) is 48.3 Å². The van der Waals surface area contributed by atoms with Gasteiger partial charge in [0.2, 0.25) is 11.6 Å². The van der Waals surface area contributed by atoms with Gasteiger partial charge in [-0.25, -0.2) is 9.37 Å². The van der Waals surface area contributed by atoms with Crippen LogP contribution in [0.25, 0.3) is 10.9 Å². The highest BCUT2D eigenvalue weighted by atomic mass is 32.2. The van der Waals surface area contributed by atoms with Crippen LogP contribution in [-0.4, -0.2) is 83.0 Å². The molecule has 0 spiro atoms. The Morgan fingerprint density at radius 3 is 2.90 bits per heavy atom. The number of piperazine rings is 1. The van der Waals surface area contributed by atoms with E-state index in [2.05, 4.69) is 26.7 Å². The molecule has 2 amide bonds. The number of terminal acetylenes is 1. The van der Waals surface area contributed by atoms with Crippen LogP contribution in [0.2, 0.25) is 0 Å². The van der Waals surface area contributed by atoms with E-state index in [1.807, 2.05) is 34.7 Å². The average Bonchev–Trinajstić information content (AvgIpc) is 3.53. The van der Waals surface area contributed by atoms with E-state index in [1.165, 1.54) is 34.9 Å². The van der Waals surface area contributed by atoms with Crippen molar-refractivity contribution in [3.63, 3.8) is 0 Å². The van der Waals surface area contributed by atoms with Crippen molar-refractivity contribution in [3.8, 4) is 12.3 Å². The number of hydrogen-bond donors (Lipinski definition) is 3.